The second kappa shape index (κ2) is 6.25. The minimum atomic E-state index is -3.75. The maximum Gasteiger partial charge on any atom is 0.241 e. The van der Waals surface area contributed by atoms with E-state index >= 15 is 0 Å². The van der Waals surface area contributed by atoms with Crippen molar-refractivity contribution in [2.75, 3.05) is 0 Å². The van der Waals surface area contributed by atoms with Crippen molar-refractivity contribution in [3.63, 3.8) is 0 Å². The molecular weight excluding hydrogens is 376 g/mol. The molecule has 0 atom stereocenters. The lowest BCUT2D eigenvalue weighted by atomic mass is 9.79. The third kappa shape index (κ3) is 3.78. The van der Waals surface area contributed by atoms with Gasteiger partial charge in [-0.1, -0.05) is 18.5 Å². The first-order valence-corrected chi connectivity index (χ1v) is 9.34. The molecule has 1 saturated carbocycles. The predicted molar refractivity (Wildman–Crippen MR) is 85.4 cm³/mol. The molecule has 0 radical (unpaired) electrons. The minimum absolute atomic E-state index is 0.104. The Kier molecular flexibility index (Phi) is 4.99. The molecule has 1 aliphatic rings. The van der Waals surface area contributed by atoms with Crippen LogP contribution in [0.4, 0.5) is 0 Å². The van der Waals surface area contributed by atoms with E-state index in [0.29, 0.717) is 28.3 Å². The van der Waals surface area contributed by atoms with Gasteiger partial charge in [0.1, 0.15) is 5.54 Å². The third-order valence-corrected chi connectivity index (χ3v) is 6.62. The molecule has 1 fully saturated rings. The highest BCUT2D eigenvalue weighted by Gasteiger charge is 2.38. The maximum absolute atomic E-state index is 12.5. The van der Waals surface area contributed by atoms with Crippen molar-refractivity contribution in [2.45, 2.75) is 43.0 Å². The van der Waals surface area contributed by atoms with Gasteiger partial charge in [-0.3, -0.25) is 0 Å². The maximum atomic E-state index is 12.5. The summed E-state index contributed by atoms with van der Waals surface area (Å²) in [6.45, 7) is 2.12. The van der Waals surface area contributed by atoms with Crippen molar-refractivity contribution in [2.24, 2.45) is 5.92 Å². The van der Waals surface area contributed by atoms with E-state index in [1.807, 2.05) is 0 Å². The van der Waals surface area contributed by atoms with Crippen LogP contribution in [-0.4, -0.2) is 14.0 Å². The monoisotopic (exact) mass is 390 g/mol. The molecule has 114 valence electrons. The highest BCUT2D eigenvalue weighted by Crippen LogP contribution is 2.33. The van der Waals surface area contributed by atoms with Gasteiger partial charge in [-0.2, -0.15) is 9.98 Å². The van der Waals surface area contributed by atoms with Crippen LogP contribution in [0.1, 0.15) is 32.6 Å². The first-order chi connectivity index (χ1) is 9.78. The number of nitrogens with zero attached hydrogens (tertiary/aromatic N) is 1. The van der Waals surface area contributed by atoms with Crippen LogP contribution < -0.4 is 4.72 Å². The van der Waals surface area contributed by atoms with Gasteiger partial charge in [-0.15, -0.1) is 0 Å². The minimum Gasteiger partial charge on any atom is -0.207 e. The molecule has 1 N–H and O–H groups in total. The molecule has 0 bridgehead atoms. The summed E-state index contributed by atoms with van der Waals surface area (Å²) in [4.78, 5) is 0.104. The Labute approximate surface area is 138 Å². The molecule has 0 unspecified atom stereocenters. The fraction of sp³-hybridized carbons (Fsp3) is 0.500. The quantitative estimate of drug-likeness (QED) is 0.850. The lowest BCUT2D eigenvalue weighted by Gasteiger charge is -2.34. The molecule has 0 amide bonds. The number of hydrogen-bond acceptors (Lipinski definition) is 3. The molecule has 0 heterocycles. The van der Waals surface area contributed by atoms with Gasteiger partial charge in [-0.25, -0.2) is 8.42 Å². The molecule has 0 aromatic heterocycles. The average molecular weight is 392 g/mol. The number of halogens is 2. The molecule has 0 aliphatic heterocycles. The highest BCUT2D eigenvalue weighted by molar-refractivity contribution is 9.10. The summed E-state index contributed by atoms with van der Waals surface area (Å²) >= 11 is 9.09. The Hall–Kier alpha value is -0.610. The molecule has 7 heteroatoms. The van der Waals surface area contributed by atoms with Crippen molar-refractivity contribution in [3.05, 3.63) is 27.7 Å². The molecule has 0 spiro atoms. The molecule has 0 saturated heterocycles. The van der Waals surface area contributed by atoms with Crippen molar-refractivity contribution in [1.29, 1.82) is 5.26 Å². The van der Waals surface area contributed by atoms with Crippen LogP contribution in [0.25, 0.3) is 0 Å². The zero-order chi connectivity index (χ0) is 15.7. The summed E-state index contributed by atoms with van der Waals surface area (Å²) in [5.74, 6) is 0.528. The molecular formula is C14H16BrClN2O2S. The summed E-state index contributed by atoms with van der Waals surface area (Å²) in [5.41, 5.74) is -1.00. The summed E-state index contributed by atoms with van der Waals surface area (Å²) in [5, 5.41) is 9.87. The van der Waals surface area contributed by atoms with Crippen molar-refractivity contribution >= 4 is 37.6 Å². The van der Waals surface area contributed by atoms with Crippen LogP contribution >= 0.6 is 27.5 Å². The van der Waals surface area contributed by atoms with Gasteiger partial charge in [0.2, 0.25) is 10.0 Å². The summed E-state index contributed by atoms with van der Waals surface area (Å²) in [6, 6.07) is 6.56. The number of nitrogens with one attached hydrogen (secondary N) is 1. The first kappa shape index (κ1) is 16.8. The van der Waals surface area contributed by atoms with Crippen LogP contribution in [0, 0.1) is 17.2 Å². The van der Waals surface area contributed by atoms with Gasteiger partial charge >= 0.3 is 0 Å². The Morgan fingerprint density at radius 2 is 2.05 bits per heavy atom. The van der Waals surface area contributed by atoms with Crippen LogP contribution in [0.3, 0.4) is 0 Å². The molecule has 1 aliphatic carbocycles. The SMILES string of the molecule is CC1CCC(C#N)(NS(=O)(=O)c2ccc(Cl)c(Br)c2)CC1. The summed E-state index contributed by atoms with van der Waals surface area (Å²) < 4.78 is 28.1. The number of benzene rings is 1. The van der Waals surface area contributed by atoms with Crippen LogP contribution in [0.5, 0.6) is 0 Å². The van der Waals surface area contributed by atoms with Crippen LogP contribution in [0.2, 0.25) is 5.02 Å². The smallest absolute Gasteiger partial charge is 0.207 e. The zero-order valence-corrected chi connectivity index (χ0v) is 14.7. The van der Waals surface area contributed by atoms with E-state index in [-0.39, 0.29) is 4.90 Å². The largest absolute Gasteiger partial charge is 0.241 e. The molecule has 1 aromatic rings. The molecule has 2 rings (SSSR count). The van der Waals surface area contributed by atoms with Gasteiger partial charge in [0, 0.05) is 4.47 Å². The third-order valence-electron chi connectivity index (χ3n) is 3.87. The molecule has 4 nitrogen and oxygen atoms in total. The Bertz CT molecular complexity index is 677. The zero-order valence-electron chi connectivity index (χ0n) is 11.6. The van der Waals surface area contributed by atoms with E-state index < -0.39 is 15.6 Å². The normalized spacial score (nSPS) is 26.3. The van der Waals surface area contributed by atoms with Crippen molar-refractivity contribution < 1.29 is 8.42 Å². The second-order valence-electron chi connectivity index (χ2n) is 5.56. The number of sulfonamides is 1. The van der Waals surface area contributed by atoms with Gasteiger partial charge in [0.05, 0.1) is 16.0 Å². The lowest BCUT2D eigenvalue weighted by Crippen LogP contribution is -2.49. The number of rotatable bonds is 3. The second-order valence-corrected chi connectivity index (χ2v) is 8.50. The van der Waals surface area contributed by atoms with Crippen LogP contribution in [-0.2, 0) is 10.0 Å². The summed E-state index contributed by atoms with van der Waals surface area (Å²) in [7, 11) is -3.75. The highest BCUT2D eigenvalue weighted by atomic mass is 79.9. The Morgan fingerprint density at radius 1 is 1.43 bits per heavy atom. The number of nitriles is 1. The topological polar surface area (TPSA) is 70.0 Å². The standard InChI is InChI=1S/C14H16BrClN2O2S/c1-10-4-6-14(9-17,7-5-10)18-21(19,20)11-2-3-13(16)12(15)8-11/h2-3,8,10,18H,4-7H2,1H3. The predicted octanol–water partition coefficient (Wildman–Crippen LogP) is 3.85. The van der Waals surface area contributed by atoms with E-state index in [0.717, 1.165) is 12.8 Å². The Morgan fingerprint density at radius 3 is 2.57 bits per heavy atom. The van der Waals surface area contributed by atoms with Crippen molar-refractivity contribution in [1.82, 2.24) is 4.72 Å². The fourth-order valence-electron chi connectivity index (χ4n) is 2.45. The van der Waals surface area contributed by atoms with E-state index in [1.54, 1.807) is 0 Å². The van der Waals surface area contributed by atoms with Gasteiger partial charge in [-0.05, 0) is 65.7 Å². The van der Waals surface area contributed by atoms with E-state index in [9.17, 15) is 13.7 Å². The van der Waals surface area contributed by atoms with Gasteiger partial charge in [0.25, 0.3) is 0 Å². The molecule has 21 heavy (non-hydrogen) atoms. The van der Waals surface area contributed by atoms with Gasteiger partial charge in [0.15, 0.2) is 0 Å². The first-order valence-electron chi connectivity index (χ1n) is 6.68. The van der Waals surface area contributed by atoms with E-state index in [4.69, 9.17) is 11.6 Å². The Balaban J connectivity index is 2.28. The van der Waals surface area contributed by atoms with E-state index in [2.05, 4.69) is 33.6 Å². The average Bonchev–Trinajstić information content (AvgIpc) is 2.44. The fourth-order valence-corrected chi connectivity index (χ4v) is 4.50. The summed E-state index contributed by atoms with van der Waals surface area (Å²) in [6.07, 6.45) is 2.78. The lowest BCUT2D eigenvalue weighted by molar-refractivity contribution is 0.278. The number of hydrogen-bond donors (Lipinski definition) is 1. The van der Waals surface area contributed by atoms with E-state index in [1.165, 1.54) is 18.2 Å². The van der Waals surface area contributed by atoms with Crippen molar-refractivity contribution in [3.8, 4) is 6.07 Å². The van der Waals surface area contributed by atoms with Crippen LogP contribution in [0.15, 0.2) is 27.6 Å². The molecule has 1 aromatic carbocycles. The van der Waals surface area contributed by atoms with Gasteiger partial charge < -0.3 is 0 Å².